The summed E-state index contributed by atoms with van der Waals surface area (Å²) in [5.41, 5.74) is 7.76. The number of aromatic nitrogens is 3. The first kappa shape index (κ1) is 16.7. The largest absolute Gasteiger partial charge is 0.376 e. The van der Waals surface area contributed by atoms with Crippen LogP contribution in [0.25, 0.3) is 5.82 Å². The fourth-order valence-electron chi connectivity index (χ4n) is 2.56. The number of halogens is 1. The summed E-state index contributed by atoms with van der Waals surface area (Å²) in [6, 6.07) is 3.92. The van der Waals surface area contributed by atoms with Gasteiger partial charge in [-0.25, -0.2) is 14.7 Å². The third-order valence-corrected chi connectivity index (χ3v) is 4.01. The first-order chi connectivity index (χ1) is 11.6. The molecule has 0 aliphatic carbocycles. The average Bonchev–Trinajstić information content (AvgIpc) is 3.23. The number of nitrogens with one attached hydrogen (secondary N) is 1. The van der Waals surface area contributed by atoms with Gasteiger partial charge in [-0.15, -0.1) is 0 Å². The van der Waals surface area contributed by atoms with E-state index in [0.29, 0.717) is 29.9 Å². The van der Waals surface area contributed by atoms with Crippen molar-refractivity contribution in [2.75, 3.05) is 13.2 Å². The summed E-state index contributed by atoms with van der Waals surface area (Å²) < 4.78 is 7.20. The highest BCUT2D eigenvalue weighted by Gasteiger charge is 2.15. The Labute approximate surface area is 145 Å². The molecular formula is C16H21ClN6O. The van der Waals surface area contributed by atoms with Gasteiger partial charge in [-0.2, -0.15) is 5.10 Å². The lowest BCUT2D eigenvalue weighted by Gasteiger charge is -2.12. The third-order valence-electron chi connectivity index (χ3n) is 3.82. The standard InChI is InChI=1S/C16H21ClN6O/c1-11-4-5-12(15(22-11)23-10-13(17)8-21-23)7-19-16(18)20-9-14-3-2-6-24-14/h4-5,8,10,14H,2-3,6-7,9H2,1H3,(H3,18,19,20). The fourth-order valence-corrected chi connectivity index (χ4v) is 2.70. The van der Waals surface area contributed by atoms with Crippen LogP contribution in [0.5, 0.6) is 0 Å². The molecule has 1 saturated heterocycles. The maximum Gasteiger partial charge on any atom is 0.189 e. The molecule has 7 nitrogen and oxygen atoms in total. The first-order valence-electron chi connectivity index (χ1n) is 7.94. The van der Waals surface area contributed by atoms with Crippen molar-refractivity contribution in [3.63, 3.8) is 0 Å². The minimum Gasteiger partial charge on any atom is -0.376 e. The Bertz CT molecular complexity index is 723. The van der Waals surface area contributed by atoms with Crippen molar-refractivity contribution >= 4 is 17.6 Å². The van der Waals surface area contributed by atoms with Crippen molar-refractivity contribution < 1.29 is 4.74 Å². The number of ether oxygens (including phenoxy) is 1. The number of pyridine rings is 1. The van der Waals surface area contributed by atoms with Crippen LogP contribution in [-0.2, 0) is 11.3 Å². The number of aliphatic imine (C=N–C) groups is 1. The van der Waals surface area contributed by atoms with Crippen molar-refractivity contribution in [2.24, 2.45) is 10.7 Å². The summed E-state index contributed by atoms with van der Waals surface area (Å²) in [4.78, 5) is 8.93. The molecule has 1 fully saturated rings. The van der Waals surface area contributed by atoms with Crippen LogP contribution >= 0.6 is 11.6 Å². The normalized spacial score (nSPS) is 18.1. The molecule has 2 aromatic rings. The van der Waals surface area contributed by atoms with E-state index in [1.54, 1.807) is 17.1 Å². The average molecular weight is 349 g/mol. The Morgan fingerprint density at radius 2 is 2.42 bits per heavy atom. The quantitative estimate of drug-likeness (QED) is 0.635. The number of guanidine groups is 1. The van der Waals surface area contributed by atoms with E-state index in [1.165, 1.54) is 0 Å². The second kappa shape index (κ2) is 7.63. The van der Waals surface area contributed by atoms with Crippen molar-refractivity contribution in [1.29, 1.82) is 0 Å². The van der Waals surface area contributed by atoms with Gasteiger partial charge in [-0.1, -0.05) is 17.7 Å². The third kappa shape index (κ3) is 4.24. The first-order valence-corrected chi connectivity index (χ1v) is 8.32. The minimum absolute atomic E-state index is 0.224. The second-order valence-electron chi connectivity index (χ2n) is 5.76. The molecule has 0 radical (unpaired) electrons. The highest BCUT2D eigenvalue weighted by molar-refractivity contribution is 6.30. The van der Waals surface area contributed by atoms with E-state index in [2.05, 4.69) is 20.4 Å². The number of nitrogens with two attached hydrogens (primary N) is 1. The molecule has 1 unspecified atom stereocenters. The van der Waals surface area contributed by atoms with Crippen LogP contribution in [0, 0.1) is 6.92 Å². The number of aryl methyl sites for hydroxylation is 1. The summed E-state index contributed by atoms with van der Waals surface area (Å²) in [7, 11) is 0. The van der Waals surface area contributed by atoms with Gasteiger partial charge in [-0.3, -0.25) is 0 Å². The van der Waals surface area contributed by atoms with Gasteiger partial charge < -0.3 is 15.8 Å². The van der Waals surface area contributed by atoms with Crippen molar-refractivity contribution in [1.82, 2.24) is 20.1 Å². The van der Waals surface area contributed by atoms with E-state index < -0.39 is 0 Å². The maximum absolute atomic E-state index is 5.95. The number of rotatable bonds is 5. The van der Waals surface area contributed by atoms with Gasteiger partial charge in [-0.05, 0) is 25.8 Å². The van der Waals surface area contributed by atoms with Crippen molar-refractivity contribution in [3.8, 4) is 5.82 Å². The molecule has 3 N–H and O–H groups in total. The van der Waals surface area contributed by atoms with Crippen LogP contribution in [0.4, 0.5) is 0 Å². The lowest BCUT2D eigenvalue weighted by atomic mass is 10.2. The van der Waals surface area contributed by atoms with Gasteiger partial charge in [0.1, 0.15) is 0 Å². The molecule has 2 aromatic heterocycles. The molecule has 8 heteroatoms. The molecular weight excluding hydrogens is 328 g/mol. The molecule has 1 aliphatic heterocycles. The Balaban J connectivity index is 1.68. The van der Waals surface area contributed by atoms with Crippen LogP contribution in [0.3, 0.4) is 0 Å². The van der Waals surface area contributed by atoms with Gasteiger partial charge in [0.2, 0.25) is 0 Å². The zero-order valence-corrected chi connectivity index (χ0v) is 14.3. The summed E-state index contributed by atoms with van der Waals surface area (Å²) >= 11 is 5.95. The molecule has 1 aliphatic rings. The SMILES string of the molecule is Cc1ccc(CN=C(N)NCC2CCCO2)c(-n2cc(Cl)cn2)n1. The monoisotopic (exact) mass is 348 g/mol. The topological polar surface area (TPSA) is 90.3 Å². The van der Waals surface area contributed by atoms with E-state index in [9.17, 15) is 0 Å². The van der Waals surface area contributed by atoms with E-state index in [-0.39, 0.29) is 6.10 Å². The molecule has 0 aromatic carbocycles. The molecule has 0 amide bonds. The minimum atomic E-state index is 0.224. The van der Waals surface area contributed by atoms with Gasteiger partial charge >= 0.3 is 0 Å². The predicted octanol–water partition coefficient (Wildman–Crippen LogP) is 1.81. The maximum atomic E-state index is 5.95. The van der Waals surface area contributed by atoms with E-state index in [1.807, 2.05) is 19.1 Å². The van der Waals surface area contributed by atoms with Gasteiger partial charge in [0.25, 0.3) is 0 Å². The van der Waals surface area contributed by atoms with E-state index in [0.717, 1.165) is 30.7 Å². The fraction of sp³-hybridized carbons (Fsp3) is 0.438. The van der Waals surface area contributed by atoms with Gasteiger partial charge in [0.05, 0.1) is 30.1 Å². The van der Waals surface area contributed by atoms with Crippen LogP contribution in [0.2, 0.25) is 5.02 Å². The lowest BCUT2D eigenvalue weighted by molar-refractivity contribution is 0.114. The molecule has 0 bridgehead atoms. The van der Waals surface area contributed by atoms with Gasteiger partial charge in [0.15, 0.2) is 11.8 Å². The lowest BCUT2D eigenvalue weighted by Crippen LogP contribution is -2.37. The molecule has 0 saturated carbocycles. The molecule has 3 heterocycles. The Kier molecular flexibility index (Phi) is 5.32. The predicted molar refractivity (Wildman–Crippen MR) is 93.4 cm³/mol. The van der Waals surface area contributed by atoms with E-state index >= 15 is 0 Å². The molecule has 128 valence electrons. The smallest absolute Gasteiger partial charge is 0.189 e. The van der Waals surface area contributed by atoms with Crippen molar-refractivity contribution in [3.05, 3.63) is 40.8 Å². The Morgan fingerprint density at radius 3 is 3.12 bits per heavy atom. The van der Waals surface area contributed by atoms with Crippen LogP contribution in [0.1, 0.15) is 24.1 Å². The van der Waals surface area contributed by atoms with Gasteiger partial charge in [0, 0.05) is 24.4 Å². The summed E-state index contributed by atoms with van der Waals surface area (Å²) in [6.45, 7) is 3.85. The highest BCUT2D eigenvalue weighted by Crippen LogP contribution is 2.16. The number of nitrogens with zero attached hydrogens (tertiary/aromatic N) is 4. The highest BCUT2D eigenvalue weighted by atomic mass is 35.5. The van der Waals surface area contributed by atoms with Crippen LogP contribution in [0.15, 0.2) is 29.5 Å². The molecule has 0 spiro atoms. The summed E-state index contributed by atoms with van der Waals surface area (Å²) in [5, 5.41) is 7.88. The Morgan fingerprint density at radius 1 is 1.54 bits per heavy atom. The van der Waals surface area contributed by atoms with Crippen LogP contribution < -0.4 is 11.1 Å². The van der Waals surface area contributed by atoms with E-state index in [4.69, 9.17) is 22.1 Å². The Hall–Kier alpha value is -2.12. The number of hydrogen-bond donors (Lipinski definition) is 2. The molecule has 3 rings (SSSR count). The zero-order chi connectivity index (χ0) is 16.9. The molecule has 24 heavy (non-hydrogen) atoms. The summed E-state index contributed by atoms with van der Waals surface area (Å²) in [6.07, 6.45) is 5.69. The van der Waals surface area contributed by atoms with Crippen molar-refractivity contribution in [2.45, 2.75) is 32.4 Å². The molecule has 1 atom stereocenters. The zero-order valence-electron chi connectivity index (χ0n) is 13.6. The van der Waals surface area contributed by atoms with Crippen LogP contribution in [-0.4, -0.2) is 40.0 Å². The summed E-state index contributed by atoms with van der Waals surface area (Å²) in [5.74, 6) is 1.10. The second-order valence-corrected chi connectivity index (χ2v) is 6.19. The number of hydrogen-bond acceptors (Lipinski definition) is 4.